The first-order valence-electron chi connectivity index (χ1n) is 7.32. The lowest BCUT2D eigenvalue weighted by Crippen LogP contribution is -2.37. The Labute approximate surface area is 125 Å². The van der Waals surface area contributed by atoms with E-state index in [9.17, 15) is 9.18 Å². The predicted octanol–water partition coefficient (Wildman–Crippen LogP) is 2.30. The second-order valence-corrected chi connectivity index (χ2v) is 5.69. The van der Waals surface area contributed by atoms with E-state index in [-0.39, 0.29) is 24.1 Å². The first-order chi connectivity index (χ1) is 10.0. The Morgan fingerprint density at radius 1 is 1.43 bits per heavy atom. The van der Waals surface area contributed by atoms with Crippen molar-refractivity contribution in [2.75, 3.05) is 6.54 Å². The number of carbonyl (C=O) groups is 1. The van der Waals surface area contributed by atoms with E-state index in [1.807, 2.05) is 0 Å². The largest absolute Gasteiger partial charge is 0.349 e. The number of benzene rings is 1. The molecule has 3 N–H and O–H groups in total. The number of carbonyl (C=O) groups excluding carboxylic acids is 1. The van der Waals surface area contributed by atoms with Gasteiger partial charge in [0.25, 0.3) is 5.91 Å². The average molecular weight is 288 g/mol. The van der Waals surface area contributed by atoms with Crippen LogP contribution in [-0.2, 0) is 0 Å². The molecule has 2 rings (SSSR count). The minimum Gasteiger partial charge on any atom is -0.349 e. The quantitative estimate of drug-likeness (QED) is 0.820. The summed E-state index contributed by atoms with van der Waals surface area (Å²) in [4.78, 5) is 12.4. The predicted molar refractivity (Wildman–Crippen MR) is 81.1 cm³/mol. The van der Waals surface area contributed by atoms with Gasteiger partial charge in [0.1, 0.15) is 5.82 Å². The van der Waals surface area contributed by atoms with Crippen molar-refractivity contribution in [3.63, 3.8) is 0 Å². The van der Waals surface area contributed by atoms with Gasteiger partial charge in [-0.25, -0.2) is 4.39 Å². The Kier molecular flexibility index (Phi) is 4.98. The van der Waals surface area contributed by atoms with E-state index in [4.69, 9.17) is 5.73 Å². The molecule has 1 aromatic carbocycles. The fourth-order valence-electron chi connectivity index (χ4n) is 2.77. The van der Waals surface area contributed by atoms with Crippen molar-refractivity contribution in [2.24, 2.45) is 17.6 Å². The number of hydrogen-bond acceptors (Lipinski definition) is 2. The molecular formula is C17H21FN2O. The standard InChI is InChI=1S/C17H21FN2O/c1-11-5-8-16(12(11)2)20-17(21)15-10-14(18)7-6-13(15)4-3-9-19/h6-7,10-12,16H,5,8-9,19H2,1-2H3,(H,20,21). The molecule has 112 valence electrons. The van der Waals surface area contributed by atoms with Gasteiger partial charge in [-0.1, -0.05) is 25.7 Å². The van der Waals surface area contributed by atoms with Crippen LogP contribution < -0.4 is 11.1 Å². The van der Waals surface area contributed by atoms with Gasteiger partial charge < -0.3 is 11.1 Å². The Morgan fingerprint density at radius 2 is 2.19 bits per heavy atom. The molecule has 0 spiro atoms. The second kappa shape index (κ2) is 6.73. The summed E-state index contributed by atoms with van der Waals surface area (Å²) in [7, 11) is 0. The van der Waals surface area contributed by atoms with Crippen LogP contribution in [0.2, 0.25) is 0 Å². The second-order valence-electron chi connectivity index (χ2n) is 5.69. The van der Waals surface area contributed by atoms with Crippen molar-refractivity contribution in [3.05, 3.63) is 35.1 Å². The van der Waals surface area contributed by atoms with Crippen LogP contribution in [0.3, 0.4) is 0 Å². The molecule has 0 heterocycles. The maximum absolute atomic E-state index is 13.4. The van der Waals surface area contributed by atoms with Crippen molar-refractivity contribution in [1.82, 2.24) is 5.32 Å². The lowest BCUT2D eigenvalue weighted by Gasteiger charge is -2.20. The van der Waals surface area contributed by atoms with Crippen LogP contribution in [0, 0.1) is 29.5 Å². The molecule has 0 saturated heterocycles. The molecule has 3 nitrogen and oxygen atoms in total. The van der Waals surface area contributed by atoms with E-state index in [0.717, 1.165) is 12.8 Å². The van der Waals surface area contributed by atoms with Gasteiger partial charge in [0, 0.05) is 11.6 Å². The summed E-state index contributed by atoms with van der Waals surface area (Å²) >= 11 is 0. The number of nitrogens with one attached hydrogen (secondary N) is 1. The maximum atomic E-state index is 13.4. The van der Waals surface area contributed by atoms with Crippen molar-refractivity contribution in [3.8, 4) is 11.8 Å². The molecule has 1 saturated carbocycles. The van der Waals surface area contributed by atoms with Crippen LogP contribution in [0.4, 0.5) is 4.39 Å². The summed E-state index contributed by atoms with van der Waals surface area (Å²) in [5.41, 5.74) is 6.14. The van der Waals surface area contributed by atoms with Gasteiger partial charge in [-0.05, 0) is 42.9 Å². The first kappa shape index (κ1) is 15.5. The third-order valence-electron chi connectivity index (χ3n) is 4.33. The first-order valence-corrected chi connectivity index (χ1v) is 7.32. The molecule has 1 aliphatic rings. The highest BCUT2D eigenvalue weighted by Gasteiger charge is 2.31. The molecule has 0 aliphatic heterocycles. The van der Waals surface area contributed by atoms with Crippen LogP contribution in [0.25, 0.3) is 0 Å². The molecular weight excluding hydrogens is 267 g/mol. The van der Waals surface area contributed by atoms with Gasteiger partial charge in [-0.15, -0.1) is 0 Å². The van der Waals surface area contributed by atoms with Crippen LogP contribution in [0.15, 0.2) is 18.2 Å². The smallest absolute Gasteiger partial charge is 0.252 e. The van der Waals surface area contributed by atoms with Gasteiger partial charge in [-0.3, -0.25) is 4.79 Å². The molecule has 0 bridgehead atoms. The Morgan fingerprint density at radius 3 is 2.81 bits per heavy atom. The number of amides is 1. The van der Waals surface area contributed by atoms with Gasteiger partial charge in [0.2, 0.25) is 0 Å². The van der Waals surface area contributed by atoms with Crippen molar-refractivity contribution < 1.29 is 9.18 Å². The zero-order valence-electron chi connectivity index (χ0n) is 12.4. The highest BCUT2D eigenvalue weighted by molar-refractivity contribution is 5.97. The van der Waals surface area contributed by atoms with E-state index < -0.39 is 5.82 Å². The maximum Gasteiger partial charge on any atom is 0.252 e. The average Bonchev–Trinajstić information content (AvgIpc) is 2.78. The fourth-order valence-corrected chi connectivity index (χ4v) is 2.77. The van der Waals surface area contributed by atoms with Crippen LogP contribution in [-0.4, -0.2) is 18.5 Å². The lowest BCUT2D eigenvalue weighted by molar-refractivity contribution is 0.0926. The number of halogens is 1. The zero-order valence-corrected chi connectivity index (χ0v) is 12.4. The summed E-state index contributed by atoms with van der Waals surface area (Å²) in [5, 5.41) is 3.01. The van der Waals surface area contributed by atoms with Crippen LogP contribution in [0.1, 0.15) is 42.6 Å². The van der Waals surface area contributed by atoms with Crippen LogP contribution in [0.5, 0.6) is 0 Å². The monoisotopic (exact) mass is 288 g/mol. The van der Waals surface area contributed by atoms with E-state index >= 15 is 0 Å². The van der Waals surface area contributed by atoms with E-state index in [1.165, 1.54) is 18.2 Å². The Balaban J connectivity index is 2.20. The topological polar surface area (TPSA) is 55.1 Å². The number of rotatable bonds is 2. The SMILES string of the molecule is CC1CCC(NC(=O)c2cc(F)ccc2C#CCN)C1C. The fraction of sp³-hybridized carbons (Fsp3) is 0.471. The summed E-state index contributed by atoms with van der Waals surface area (Å²) in [6.07, 6.45) is 2.07. The third kappa shape index (κ3) is 3.62. The van der Waals surface area contributed by atoms with Crippen LogP contribution >= 0.6 is 0 Å². The van der Waals surface area contributed by atoms with Crippen molar-refractivity contribution in [2.45, 2.75) is 32.7 Å². The molecule has 0 aromatic heterocycles. The Hall–Kier alpha value is -1.86. The molecule has 1 aliphatic carbocycles. The third-order valence-corrected chi connectivity index (χ3v) is 4.33. The number of nitrogens with two attached hydrogens (primary N) is 1. The Bertz CT molecular complexity index is 588. The summed E-state index contributed by atoms with van der Waals surface area (Å²) in [6, 6.07) is 4.20. The van der Waals surface area contributed by atoms with Crippen molar-refractivity contribution >= 4 is 5.91 Å². The van der Waals surface area contributed by atoms with Gasteiger partial charge in [0.05, 0.1) is 12.1 Å². The molecule has 1 aromatic rings. The van der Waals surface area contributed by atoms with E-state index in [0.29, 0.717) is 17.4 Å². The molecule has 1 amide bonds. The normalized spacial score (nSPS) is 24.3. The van der Waals surface area contributed by atoms with Gasteiger partial charge >= 0.3 is 0 Å². The highest BCUT2D eigenvalue weighted by atomic mass is 19.1. The van der Waals surface area contributed by atoms with Gasteiger partial charge in [-0.2, -0.15) is 0 Å². The summed E-state index contributed by atoms with van der Waals surface area (Å²) in [5.74, 6) is 5.85. The van der Waals surface area contributed by atoms with Gasteiger partial charge in [0.15, 0.2) is 0 Å². The molecule has 0 radical (unpaired) electrons. The number of hydrogen-bond donors (Lipinski definition) is 2. The molecule has 4 heteroatoms. The summed E-state index contributed by atoms with van der Waals surface area (Å²) < 4.78 is 13.4. The molecule has 3 atom stereocenters. The molecule has 21 heavy (non-hydrogen) atoms. The minimum atomic E-state index is -0.439. The van der Waals surface area contributed by atoms with Crippen molar-refractivity contribution in [1.29, 1.82) is 0 Å². The lowest BCUT2D eigenvalue weighted by atomic mass is 9.97. The zero-order chi connectivity index (χ0) is 15.4. The molecule has 3 unspecified atom stereocenters. The van der Waals surface area contributed by atoms with E-state index in [2.05, 4.69) is 31.0 Å². The summed E-state index contributed by atoms with van der Waals surface area (Å²) in [6.45, 7) is 4.54. The minimum absolute atomic E-state index is 0.145. The molecule has 1 fully saturated rings. The highest BCUT2D eigenvalue weighted by Crippen LogP contribution is 2.31. The van der Waals surface area contributed by atoms with E-state index in [1.54, 1.807) is 0 Å².